The van der Waals surface area contributed by atoms with Gasteiger partial charge >= 0.3 is 29.8 Å². The van der Waals surface area contributed by atoms with Crippen LogP contribution in [0.5, 0.6) is 0 Å². The summed E-state index contributed by atoms with van der Waals surface area (Å²) in [7, 11) is 0. The van der Waals surface area contributed by atoms with Gasteiger partial charge in [0.2, 0.25) is 0 Å². The number of carboxylic acids is 5. The number of rotatable bonds is 25. The van der Waals surface area contributed by atoms with Gasteiger partial charge in [0, 0.05) is 50.6 Å². The third kappa shape index (κ3) is 18.9. The average molecular weight is 603 g/mol. The van der Waals surface area contributed by atoms with E-state index in [0.29, 0.717) is 19.3 Å². The fraction of sp³-hybridized carbons (Fsp3) is 0.750. The third-order valence-electron chi connectivity index (χ3n) is 6.80. The lowest BCUT2D eigenvalue weighted by molar-refractivity contribution is -0.146. The normalized spacial score (nSPS) is 12.4. The first-order valence-electron chi connectivity index (χ1n) is 14.0. The van der Waals surface area contributed by atoms with Crippen molar-refractivity contribution in [3.63, 3.8) is 0 Å². The number of nitrogens with zero attached hydrogens (tertiary/aromatic N) is 2. The van der Waals surface area contributed by atoms with Crippen LogP contribution in [0.25, 0.3) is 0 Å². The number of carbonyl (C=O) groups is 7. The van der Waals surface area contributed by atoms with Crippen molar-refractivity contribution in [2.45, 2.75) is 91.0 Å². The Morgan fingerprint density at radius 2 is 1.17 bits per heavy atom. The predicted molar refractivity (Wildman–Crippen MR) is 149 cm³/mol. The van der Waals surface area contributed by atoms with Crippen molar-refractivity contribution in [1.29, 1.82) is 0 Å². The molecule has 14 nitrogen and oxygen atoms in total. The molecule has 0 aliphatic rings. The second-order valence-corrected chi connectivity index (χ2v) is 11.5. The molecule has 5 N–H and O–H groups in total. The summed E-state index contributed by atoms with van der Waals surface area (Å²) < 4.78 is 0. The van der Waals surface area contributed by atoms with E-state index in [-0.39, 0.29) is 63.3 Å². The Bertz CT molecular complexity index is 872. The van der Waals surface area contributed by atoms with Crippen molar-refractivity contribution in [2.75, 3.05) is 32.7 Å². The number of aliphatic carboxylic acids is 5. The lowest BCUT2D eigenvalue weighted by atomic mass is 9.87. The quantitative estimate of drug-likeness (QED) is 0.0943. The second-order valence-electron chi connectivity index (χ2n) is 11.5. The summed E-state index contributed by atoms with van der Waals surface area (Å²) in [6.45, 7) is 4.03. The van der Waals surface area contributed by atoms with Gasteiger partial charge in [-0.05, 0) is 31.7 Å². The standard InChI is InChI=1S/C28H46N2O12/c1-28(2,3)22(32)10-9-20(31)7-5-4-6-8-21(27(41)42)30(12-11-19(15-23(33)34)16-24(35)36)14-13-29(17-25(37)38)18-26(39)40/h19,21H,4-18H2,1-3H3,(H,33,34)(H,35,36)(H,37,38)(H,39,40)(H,41,42). The predicted octanol–water partition coefficient (Wildman–Crippen LogP) is 2.08. The van der Waals surface area contributed by atoms with Gasteiger partial charge < -0.3 is 25.5 Å². The summed E-state index contributed by atoms with van der Waals surface area (Å²) in [5.74, 6) is -6.95. The maximum Gasteiger partial charge on any atom is 0.320 e. The van der Waals surface area contributed by atoms with Crippen LogP contribution in [0.3, 0.4) is 0 Å². The largest absolute Gasteiger partial charge is 0.481 e. The van der Waals surface area contributed by atoms with Crippen LogP contribution in [0.4, 0.5) is 0 Å². The maximum atomic E-state index is 12.2. The maximum absolute atomic E-state index is 12.2. The number of ketones is 2. The lowest BCUT2D eigenvalue weighted by Crippen LogP contribution is -2.47. The van der Waals surface area contributed by atoms with Gasteiger partial charge in [0.1, 0.15) is 17.6 Å². The fourth-order valence-electron chi connectivity index (χ4n) is 4.46. The zero-order valence-electron chi connectivity index (χ0n) is 24.7. The van der Waals surface area contributed by atoms with Gasteiger partial charge in [-0.15, -0.1) is 0 Å². The first kappa shape index (κ1) is 38.6. The minimum Gasteiger partial charge on any atom is -0.481 e. The van der Waals surface area contributed by atoms with E-state index in [4.69, 9.17) is 20.4 Å². The Morgan fingerprint density at radius 3 is 1.62 bits per heavy atom. The molecule has 0 heterocycles. The van der Waals surface area contributed by atoms with Gasteiger partial charge in [0.15, 0.2) is 0 Å². The van der Waals surface area contributed by atoms with Crippen LogP contribution < -0.4 is 0 Å². The molecular weight excluding hydrogens is 556 g/mol. The smallest absolute Gasteiger partial charge is 0.320 e. The molecule has 0 spiro atoms. The first-order valence-corrected chi connectivity index (χ1v) is 14.0. The van der Waals surface area contributed by atoms with E-state index in [1.165, 1.54) is 4.90 Å². The molecule has 14 heteroatoms. The van der Waals surface area contributed by atoms with Gasteiger partial charge in [-0.25, -0.2) is 0 Å². The van der Waals surface area contributed by atoms with Crippen LogP contribution >= 0.6 is 0 Å². The highest BCUT2D eigenvalue weighted by atomic mass is 16.4. The van der Waals surface area contributed by atoms with E-state index in [2.05, 4.69) is 0 Å². The molecule has 0 rings (SSSR count). The van der Waals surface area contributed by atoms with Crippen molar-refractivity contribution in [1.82, 2.24) is 9.80 Å². The number of hydrogen-bond acceptors (Lipinski definition) is 9. The van der Waals surface area contributed by atoms with Gasteiger partial charge in [-0.2, -0.15) is 0 Å². The molecule has 240 valence electrons. The molecule has 0 radical (unpaired) electrons. The Hall–Kier alpha value is -3.39. The molecule has 0 saturated heterocycles. The highest BCUT2D eigenvalue weighted by Gasteiger charge is 2.28. The zero-order chi connectivity index (χ0) is 32.5. The van der Waals surface area contributed by atoms with Crippen LogP contribution in [-0.4, -0.2) is 116 Å². The molecule has 0 saturated carbocycles. The Balaban J connectivity index is 5.37. The molecule has 0 aliphatic carbocycles. The van der Waals surface area contributed by atoms with Crippen LogP contribution in [0, 0.1) is 11.3 Å². The Labute approximate surface area is 245 Å². The minimum absolute atomic E-state index is 0.000495. The molecule has 0 aromatic heterocycles. The average Bonchev–Trinajstić information content (AvgIpc) is 2.82. The van der Waals surface area contributed by atoms with Crippen molar-refractivity contribution < 1.29 is 59.1 Å². The Kier molecular flexibility index (Phi) is 18.1. The SMILES string of the molecule is CC(C)(C)C(=O)CCC(=O)CCCCCC(C(=O)O)N(CCC(CC(=O)O)CC(=O)O)CCN(CC(=O)O)CC(=O)O. The fourth-order valence-corrected chi connectivity index (χ4v) is 4.46. The number of Topliss-reactive ketones (excluding diaryl/α,β-unsaturated/α-hetero) is 2. The minimum atomic E-state index is -1.27. The zero-order valence-corrected chi connectivity index (χ0v) is 24.7. The summed E-state index contributed by atoms with van der Waals surface area (Å²) in [6, 6.07) is -1.09. The highest BCUT2D eigenvalue weighted by Crippen LogP contribution is 2.20. The topological polar surface area (TPSA) is 227 Å². The highest BCUT2D eigenvalue weighted by molar-refractivity contribution is 5.88. The van der Waals surface area contributed by atoms with Crippen LogP contribution in [-0.2, 0) is 33.6 Å². The summed E-state index contributed by atoms with van der Waals surface area (Å²) in [6.07, 6.45) is 1.35. The third-order valence-corrected chi connectivity index (χ3v) is 6.80. The molecule has 1 atom stereocenters. The molecule has 0 aromatic carbocycles. The van der Waals surface area contributed by atoms with E-state index >= 15 is 0 Å². The molecule has 0 fully saturated rings. The molecule has 0 amide bonds. The summed E-state index contributed by atoms with van der Waals surface area (Å²) >= 11 is 0. The van der Waals surface area contributed by atoms with Gasteiger partial charge in [0.25, 0.3) is 0 Å². The number of unbranched alkanes of at least 4 members (excludes halogenated alkanes) is 2. The summed E-state index contributed by atoms with van der Waals surface area (Å²) in [5.41, 5.74) is -0.516. The van der Waals surface area contributed by atoms with Gasteiger partial charge in [0.05, 0.1) is 13.1 Å². The van der Waals surface area contributed by atoms with E-state index in [1.807, 2.05) is 0 Å². The Morgan fingerprint density at radius 1 is 0.619 bits per heavy atom. The van der Waals surface area contributed by atoms with Crippen molar-refractivity contribution in [3.8, 4) is 0 Å². The molecule has 0 aromatic rings. The summed E-state index contributed by atoms with van der Waals surface area (Å²) in [4.78, 5) is 83.8. The van der Waals surface area contributed by atoms with Crippen LogP contribution in [0.2, 0.25) is 0 Å². The van der Waals surface area contributed by atoms with Gasteiger partial charge in [-0.3, -0.25) is 43.4 Å². The van der Waals surface area contributed by atoms with Crippen molar-refractivity contribution in [2.24, 2.45) is 11.3 Å². The second kappa shape index (κ2) is 19.7. The van der Waals surface area contributed by atoms with E-state index in [1.54, 1.807) is 20.8 Å². The molecule has 0 aliphatic heterocycles. The van der Waals surface area contributed by atoms with E-state index in [9.17, 15) is 38.7 Å². The molecule has 0 bridgehead atoms. The molecular formula is C28H46N2O12. The molecule has 1 unspecified atom stereocenters. The number of hydrogen-bond donors (Lipinski definition) is 5. The summed E-state index contributed by atoms with van der Waals surface area (Å²) in [5, 5.41) is 46.5. The van der Waals surface area contributed by atoms with Crippen LogP contribution in [0.15, 0.2) is 0 Å². The van der Waals surface area contributed by atoms with E-state index in [0.717, 1.165) is 4.90 Å². The first-order chi connectivity index (χ1) is 19.4. The van der Waals surface area contributed by atoms with Crippen molar-refractivity contribution in [3.05, 3.63) is 0 Å². The monoisotopic (exact) mass is 602 g/mol. The number of carboxylic acid groups (broad SMARTS) is 5. The van der Waals surface area contributed by atoms with E-state index < -0.39 is 73.2 Å². The lowest BCUT2D eigenvalue weighted by Gasteiger charge is -2.32. The number of carbonyl (C=O) groups excluding carboxylic acids is 2. The van der Waals surface area contributed by atoms with Crippen molar-refractivity contribution >= 4 is 41.4 Å². The molecule has 42 heavy (non-hydrogen) atoms. The van der Waals surface area contributed by atoms with Gasteiger partial charge in [-0.1, -0.05) is 33.6 Å². The van der Waals surface area contributed by atoms with Crippen LogP contribution in [0.1, 0.15) is 85.0 Å².